The van der Waals surface area contributed by atoms with Gasteiger partial charge in [-0.3, -0.25) is 9.59 Å². The fourth-order valence-electron chi connectivity index (χ4n) is 3.03. The van der Waals surface area contributed by atoms with Gasteiger partial charge in [0.25, 0.3) is 0 Å². The number of carbonyl (C=O) groups excluding carboxylic acids is 2. The third kappa shape index (κ3) is 15.0. The van der Waals surface area contributed by atoms with Gasteiger partial charge in [-0.1, -0.05) is 27.7 Å². The molecule has 0 saturated carbocycles. The van der Waals surface area contributed by atoms with Gasteiger partial charge in [0.1, 0.15) is 0 Å². The van der Waals surface area contributed by atoms with E-state index in [0.717, 1.165) is 0 Å². The second-order valence-corrected chi connectivity index (χ2v) is 11.7. The smallest absolute Gasteiger partial charge is 0.308 e. The lowest BCUT2D eigenvalue weighted by atomic mass is 10.0. The van der Waals surface area contributed by atoms with Gasteiger partial charge in [-0.2, -0.15) is 10.2 Å². The van der Waals surface area contributed by atoms with Gasteiger partial charge in [0, 0.05) is 12.8 Å². The minimum absolute atomic E-state index is 0.105. The van der Waals surface area contributed by atoms with Crippen LogP contribution < -0.4 is 0 Å². The average molecular weight is 455 g/mol. The number of ether oxygens (including phenoxy) is 2. The molecule has 0 saturated heterocycles. The fourth-order valence-corrected chi connectivity index (χ4v) is 3.03. The highest BCUT2D eigenvalue weighted by Gasteiger charge is 2.33. The topological polar surface area (TPSA) is 102 Å². The zero-order valence-corrected chi connectivity index (χ0v) is 22.4. The second-order valence-electron chi connectivity index (χ2n) is 11.7. The van der Waals surface area contributed by atoms with Gasteiger partial charge in [-0.25, -0.2) is 0 Å². The van der Waals surface area contributed by atoms with Crippen molar-refractivity contribution in [3.63, 3.8) is 0 Å². The van der Waals surface area contributed by atoms with Crippen LogP contribution in [0.25, 0.3) is 0 Å². The summed E-state index contributed by atoms with van der Waals surface area (Å²) >= 11 is 0. The minimum Gasteiger partial charge on any atom is -0.436 e. The summed E-state index contributed by atoms with van der Waals surface area (Å²) in [7, 11) is 0. The van der Waals surface area contributed by atoms with Gasteiger partial charge in [-0.15, -0.1) is 10.2 Å². The third-order valence-electron chi connectivity index (χ3n) is 3.90. The Morgan fingerprint density at radius 1 is 0.594 bits per heavy atom. The maximum absolute atomic E-state index is 12.5. The lowest BCUT2D eigenvalue weighted by Gasteiger charge is -2.28. The van der Waals surface area contributed by atoms with Gasteiger partial charge in [0.2, 0.25) is 11.4 Å². The van der Waals surface area contributed by atoms with E-state index in [0.29, 0.717) is 12.8 Å². The van der Waals surface area contributed by atoms with E-state index in [2.05, 4.69) is 20.5 Å². The highest BCUT2D eigenvalue weighted by atomic mass is 16.6. The monoisotopic (exact) mass is 454 g/mol. The minimum atomic E-state index is -1.07. The Hall–Kier alpha value is -1.86. The first kappa shape index (κ1) is 30.1. The number of rotatable bonds is 11. The van der Waals surface area contributed by atoms with Gasteiger partial charge in [0.15, 0.2) is 0 Å². The molecule has 0 bridgehead atoms. The van der Waals surface area contributed by atoms with Crippen LogP contribution in [0.15, 0.2) is 20.5 Å². The number of carbonyl (C=O) groups is 2. The van der Waals surface area contributed by atoms with E-state index in [4.69, 9.17) is 9.47 Å². The zero-order chi connectivity index (χ0) is 25.4. The van der Waals surface area contributed by atoms with Crippen molar-refractivity contribution in [1.29, 1.82) is 0 Å². The number of esters is 2. The molecule has 186 valence electrons. The normalized spacial score (nSPS) is 17.1. The highest BCUT2D eigenvalue weighted by molar-refractivity contribution is 5.78. The number of azo groups is 2. The summed E-state index contributed by atoms with van der Waals surface area (Å²) in [5, 5.41) is 17.2. The van der Waals surface area contributed by atoms with Crippen LogP contribution in [0.1, 0.15) is 109 Å². The van der Waals surface area contributed by atoms with Crippen molar-refractivity contribution in [3.05, 3.63) is 0 Å². The van der Waals surface area contributed by atoms with E-state index in [1.165, 1.54) is 0 Å². The molecule has 0 aromatic rings. The van der Waals surface area contributed by atoms with E-state index in [1.807, 2.05) is 69.2 Å². The predicted molar refractivity (Wildman–Crippen MR) is 126 cm³/mol. The standard InChI is InChI=1S/C24H46N4O4/c1-17(2)15-23(11,27-25-21(5,6)7)31-19(29)13-14-20(30)32-24(12,16-18(3)4)28-26-22(8,9)10/h17-18H,13-16H2,1-12H3/b27-25+,28-26+. The van der Waals surface area contributed by atoms with Crippen molar-refractivity contribution in [2.24, 2.45) is 32.3 Å². The maximum atomic E-state index is 12.5. The summed E-state index contributed by atoms with van der Waals surface area (Å²) in [6.45, 7) is 23.1. The van der Waals surface area contributed by atoms with Gasteiger partial charge in [0.05, 0.1) is 23.9 Å². The largest absolute Gasteiger partial charge is 0.436 e. The Kier molecular flexibility index (Phi) is 11.2. The molecule has 0 aliphatic heterocycles. The molecule has 0 fully saturated rings. The van der Waals surface area contributed by atoms with Crippen molar-refractivity contribution in [3.8, 4) is 0 Å². The summed E-state index contributed by atoms with van der Waals surface area (Å²) < 4.78 is 11.3. The lowest BCUT2D eigenvalue weighted by Crippen LogP contribution is -2.33. The first-order valence-electron chi connectivity index (χ1n) is 11.6. The molecular formula is C24H46N4O4. The van der Waals surface area contributed by atoms with Crippen LogP contribution in [0.4, 0.5) is 0 Å². The fraction of sp³-hybridized carbons (Fsp3) is 0.917. The molecule has 2 atom stereocenters. The van der Waals surface area contributed by atoms with Crippen LogP contribution in [-0.2, 0) is 19.1 Å². The predicted octanol–water partition coefficient (Wildman–Crippen LogP) is 6.88. The molecule has 0 N–H and O–H groups in total. The number of hydrogen-bond donors (Lipinski definition) is 0. The van der Waals surface area contributed by atoms with Crippen LogP contribution in [0, 0.1) is 11.8 Å². The van der Waals surface area contributed by atoms with Gasteiger partial charge in [-0.05, 0) is 67.2 Å². The maximum Gasteiger partial charge on any atom is 0.308 e. The second kappa shape index (κ2) is 11.8. The Morgan fingerprint density at radius 3 is 1.09 bits per heavy atom. The van der Waals surface area contributed by atoms with Gasteiger partial charge < -0.3 is 9.47 Å². The van der Waals surface area contributed by atoms with Crippen molar-refractivity contribution in [2.45, 2.75) is 131 Å². The van der Waals surface area contributed by atoms with E-state index in [1.54, 1.807) is 13.8 Å². The highest BCUT2D eigenvalue weighted by Crippen LogP contribution is 2.27. The van der Waals surface area contributed by atoms with Crippen molar-refractivity contribution < 1.29 is 19.1 Å². The quantitative estimate of drug-likeness (QED) is 0.251. The molecule has 0 heterocycles. The molecule has 0 aliphatic rings. The first-order valence-corrected chi connectivity index (χ1v) is 11.6. The molecule has 0 rings (SSSR count). The van der Waals surface area contributed by atoms with Crippen molar-refractivity contribution in [1.82, 2.24) is 0 Å². The molecule has 32 heavy (non-hydrogen) atoms. The molecule has 0 spiro atoms. The summed E-state index contributed by atoms with van der Waals surface area (Å²) in [5.74, 6) is -0.525. The number of hydrogen-bond acceptors (Lipinski definition) is 8. The lowest BCUT2D eigenvalue weighted by molar-refractivity contribution is -0.167. The molecule has 8 heteroatoms. The molecule has 0 aliphatic carbocycles. The van der Waals surface area contributed by atoms with E-state index in [9.17, 15) is 9.59 Å². The SMILES string of the molecule is CC(C)CC(C)(/N=N/C(C)(C)C)OC(=O)CCC(=O)OC(C)(CC(C)C)/N=N/C(C)(C)C. The van der Waals surface area contributed by atoms with Crippen molar-refractivity contribution >= 4 is 11.9 Å². The molecular weight excluding hydrogens is 408 g/mol. The zero-order valence-electron chi connectivity index (χ0n) is 22.4. The Balaban J connectivity index is 5.15. The van der Waals surface area contributed by atoms with E-state index < -0.39 is 23.4 Å². The molecule has 0 aromatic heterocycles. The van der Waals surface area contributed by atoms with Crippen LogP contribution in [0.5, 0.6) is 0 Å². The summed E-state index contributed by atoms with van der Waals surface area (Å²) in [5.41, 5.74) is -2.90. The van der Waals surface area contributed by atoms with Crippen LogP contribution in [0.3, 0.4) is 0 Å². The molecule has 8 nitrogen and oxygen atoms in total. The summed E-state index contributed by atoms with van der Waals surface area (Å²) in [4.78, 5) is 25.0. The summed E-state index contributed by atoms with van der Waals surface area (Å²) in [6, 6.07) is 0. The Morgan fingerprint density at radius 2 is 0.875 bits per heavy atom. The molecule has 0 aromatic carbocycles. The molecule has 0 amide bonds. The van der Waals surface area contributed by atoms with Crippen LogP contribution in [-0.4, -0.2) is 34.5 Å². The van der Waals surface area contributed by atoms with E-state index >= 15 is 0 Å². The van der Waals surface area contributed by atoms with Crippen LogP contribution in [0.2, 0.25) is 0 Å². The summed E-state index contributed by atoms with van der Waals surface area (Å²) in [6.07, 6.45) is 0.849. The van der Waals surface area contributed by atoms with Gasteiger partial charge >= 0.3 is 11.9 Å². The van der Waals surface area contributed by atoms with E-state index in [-0.39, 0.29) is 35.8 Å². The Bertz CT molecular complexity index is 616. The molecule has 2 unspecified atom stereocenters. The average Bonchev–Trinajstić information content (AvgIpc) is 2.54. The first-order chi connectivity index (χ1) is 14.2. The van der Waals surface area contributed by atoms with Crippen molar-refractivity contribution in [2.75, 3.05) is 0 Å². The molecule has 0 radical (unpaired) electrons. The number of nitrogens with zero attached hydrogens (tertiary/aromatic N) is 4. The van der Waals surface area contributed by atoms with Crippen LogP contribution >= 0.6 is 0 Å². The Labute approximate surface area is 195 Å². The third-order valence-corrected chi connectivity index (χ3v) is 3.90.